The van der Waals surface area contributed by atoms with Gasteiger partial charge in [0, 0.05) is 13.6 Å². The summed E-state index contributed by atoms with van der Waals surface area (Å²) in [6, 6.07) is 0. The van der Waals surface area contributed by atoms with Crippen LogP contribution in [0.25, 0.3) is 0 Å². The van der Waals surface area contributed by atoms with Gasteiger partial charge in [-0.3, -0.25) is 10.1 Å². The Balaban J connectivity index is 1.84. The quantitative estimate of drug-likeness (QED) is 0.451. The largest absolute Gasteiger partial charge is 0.376 e. The molecule has 8 nitrogen and oxygen atoms in total. The fraction of sp³-hybridized carbons (Fsp3) is 0.692. The molecule has 0 bridgehead atoms. The molecule has 2 N–H and O–H groups in total. The highest BCUT2D eigenvalue weighted by Gasteiger charge is 2.17. The zero-order valence-electron chi connectivity index (χ0n) is 12.2. The van der Waals surface area contributed by atoms with Crippen molar-refractivity contribution in [3.63, 3.8) is 0 Å². The van der Waals surface area contributed by atoms with Crippen LogP contribution in [0.2, 0.25) is 0 Å². The topological polar surface area (TPSA) is 102 Å². The highest BCUT2D eigenvalue weighted by molar-refractivity contribution is 5.56. The molecule has 2 rings (SSSR count). The molecule has 1 heterocycles. The van der Waals surface area contributed by atoms with E-state index in [-0.39, 0.29) is 11.5 Å². The molecular formula is C13H21N5O3. The van der Waals surface area contributed by atoms with Crippen LogP contribution in [0.4, 0.5) is 17.5 Å². The van der Waals surface area contributed by atoms with Gasteiger partial charge in [0.15, 0.2) is 0 Å². The predicted molar refractivity (Wildman–Crippen MR) is 79.5 cm³/mol. The van der Waals surface area contributed by atoms with Crippen molar-refractivity contribution in [3.05, 3.63) is 16.3 Å². The van der Waals surface area contributed by atoms with Gasteiger partial charge in [-0.25, -0.2) is 4.98 Å². The third kappa shape index (κ3) is 4.52. The Morgan fingerprint density at radius 2 is 2.19 bits per heavy atom. The number of anilines is 2. The summed E-state index contributed by atoms with van der Waals surface area (Å²) < 4.78 is 5.77. The van der Waals surface area contributed by atoms with Gasteiger partial charge >= 0.3 is 5.69 Å². The number of nitrogens with zero attached hydrogens (tertiary/aromatic N) is 3. The normalized spacial score (nSPS) is 15.7. The van der Waals surface area contributed by atoms with E-state index in [1.165, 1.54) is 25.5 Å². The van der Waals surface area contributed by atoms with E-state index < -0.39 is 4.92 Å². The number of nitro groups is 1. The second kappa shape index (κ2) is 7.72. The van der Waals surface area contributed by atoms with Crippen LogP contribution < -0.4 is 10.6 Å². The van der Waals surface area contributed by atoms with Crippen LogP contribution in [0.3, 0.4) is 0 Å². The average molecular weight is 295 g/mol. The number of nitrogens with one attached hydrogen (secondary N) is 2. The summed E-state index contributed by atoms with van der Waals surface area (Å²) in [5, 5.41) is 16.6. The first-order valence-electron chi connectivity index (χ1n) is 7.25. The van der Waals surface area contributed by atoms with E-state index in [4.69, 9.17) is 4.74 Å². The molecule has 0 aromatic carbocycles. The van der Waals surface area contributed by atoms with Crippen LogP contribution in [0.15, 0.2) is 6.20 Å². The number of rotatable bonds is 7. The third-order valence-corrected chi connectivity index (χ3v) is 3.49. The smallest absolute Gasteiger partial charge is 0.329 e. The molecular weight excluding hydrogens is 274 g/mol. The predicted octanol–water partition coefficient (Wildman–Crippen LogP) is 2.19. The Bertz CT molecular complexity index is 477. The third-order valence-electron chi connectivity index (χ3n) is 3.49. The summed E-state index contributed by atoms with van der Waals surface area (Å²) in [5.74, 6) is 0.558. The molecule has 0 atom stereocenters. The molecule has 8 heteroatoms. The summed E-state index contributed by atoms with van der Waals surface area (Å²) in [7, 11) is 1.66. The van der Waals surface area contributed by atoms with Gasteiger partial charge in [-0.2, -0.15) is 4.98 Å². The van der Waals surface area contributed by atoms with Crippen molar-refractivity contribution in [3.8, 4) is 0 Å². The molecule has 1 fully saturated rings. The van der Waals surface area contributed by atoms with Crippen LogP contribution in [0.5, 0.6) is 0 Å². The molecule has 0 amide bonds. The molecule has 1 aromatic rings. The molecule has 0 unspecified atom stereocenters. The summed E-state index contributed by atoms with van der Waals surface area (Å²) in [5.41, 5.74) is -0.133. The maximum absolute atomic E-state index is 10.9. The van der Waals surface area contributed by atoms with E-state index in [9.17, 15) is 10.1 Å². The number of hydrogen-bond acceptors (Lipinski definition) is 7. The van der Waals surface area contributed by atoms with Gasteiger partial charge in [0.1, 0.15) is 6.20 Å². The minimum absolute atomic E-state index is 0.133. The van der Waals surface area contributed by atoms with E-state index in [1.54, 1.807) is 7.05 Å². The molecule has 21 heavy (non-hydrogen) atoms. The van der Waals surface area contributed by atoms with Crippen molar-refractivity contribution >= 4 is 17.5 Å². The highest BCUT2D eigenvalue weighted by atomic mass is 16.6. The summed E-state index contributed by atoms with van der Waals surface area (Å²) in [6.45, 7) is 0.998. The lowest BCUT2D eigenvalue weighted by Crippen LogP contribution is -2.21. The molecule has 116 valence electrons. The Morgan fingerprint density at radius 1 is 1.43 bits per heavy atom. The Kier molecular flexibility index (Phi) is 5.68. The maximum atomic E-state index is 10.9. The number of aromatic nitrogens is 2. The highest BCUT2D eigenvalue weighted by Crippen LogP contribution is 2.22. The van der Waals surface area contributed by atoms with Crippen LogP contribution in [-0.4, -0.2) is 41.2 Å². The van der Waals surface area contributed by atoms with Crippen LogP contribution in [0, 0.1) is 10.1 Å². The first-order chi connectivity index (χ1) is 10.2. The lowest BCUT2D eigenvalue weighted by atomic mass is 9.98. The van der Waals surface area contributed by atoms with Gasteiger partial charge < -0.3 is 15.4 Å². The Hall–Kier alpha value is -1.96. The molecule has 0 saturated heterocycles. The lowest BCUT2D eigenvalue weighted by Gasteiger charge is -2.22. The van der Waals surface area contributed by atoms with E-state index in [0.717, 1.165) is 12.8 Å². The van der Waals surface area contributed by atoms with E-state index in [0.29, 0.717) is 25.2 Å². The lowest BCUT2D eigenvalue weighted by molar-refractivity contribution is -0.384. The van der Waals surface area contributed by atoms with Gasteiger partial charge in [-0.15, -0.1) is 0 Å². The SMILES string of the molecule is CNc1ncc([N+](=O)[O-])c(NCCOC2CCCCC2)n1. The first kappa shape index (κ1) is 15.4. The molecule has 1 aliphatic carbocycles. The van der Waals surface area contributed by atoms with Crippen LogP contribution >= 0.6 is 0 Å². The maximum Gasteiger partial charge on any atom is 0.329 e. The van der Waals surface area contributed by atoms with E-state index in [1.807, 2.05) is 0 Å². The van der Waals surface area contributed by atoms with Crippen molar-refractivity contribution in [2.75, 3.05) is 30.8 Å². The van der Waals surface area contributed by atoms with Crippen molar-refractivity contribution in [2.24, 2.45) is 0 Å². The standard InChI is InChI=1S/C13H21N5O3/c1-14-13-16-9-11(18(19)20)12(17-13)15-7-8-21-10-5-3-2-4-6-10/h9-10H,2-8H2,1H3,(H2,14,15,16,17). The summed E-state index contributed by atoms with van der Waals surface area (Å²) >= 11 is 0. The molecule has 0 aliphatic heterocycles. The van der Waals surface area contributed by atoms with Crippen molar-refractivity contribution in [1.29, 1.82) is 0 Å². The molecule has 1 aromatic heterocycles. The Labute approximate surface area is 123 Å². The van der Waals surface area contributed by atoms with Gasteiger partial charge in [-0.05, 0) is 12.8 Å². The van der Waals surface area contributed by atoms with Gasteiger partial charge in [0.05, 0.1) is 17.6 Å². The number of ether oxygens (including phenoxy) is 1. The molecule has 0 radical (unpaired) electrons. The zero-order valence-corrected chi connectivity index (χ0v) is 12.2. The molecule has 1 aliphatic rings. The van der Waals surface area contributed by atoms with Gasteiger partial charge in [0.2, 0.25) is 11.8 Å². The fourth-order valence-corrected chi connectivity index (χ4v) is 2.39. The monoisotopic (exact) mass is 295 g/mol. The van der Waals surface area contributed by atoms with Crippen molar-refractivity contribution in [1.82, 2.24) is 9.97 Å². The summed E-state index contributed by atoms with van der Waals surface area (Å²) in [4.78, 5) is 18.4. The average Bonchev–Trinajstić information content (AvgIpc) is 2.52. The minimum Gasteiger partial charge on any atom is -0.376 e. The number of hydrogen-bond donors (Lipinski definition) is 2. The van der Waals surface area contributed by atoms with Gasteiger partial charge in [-0.1, -0.05) is 19.3 Å². The molecule has 0 spiro atoms. The Morgan fingerprint density at radius 3 is 2.86 bits per heavy atom. The van der Waals surface area contributed by atoms with E-state index >= 15 is 0 Å². The van der Waals surface area contributed by atoms with Crippen molar-refractivity contribution < 1.29 is 9.66 Å². The van der Waals surface area contributed by atoms with Crippen LogP contribution in [0.1, 0.15) is 32.1 Å². The van der Waals surface area contributed by atoms with Gasteiger partial charge in [0.25, 0.3) is 0 Å². The fourth-order valence-electron chi connectivity index (χ4n) is 2.39. The van der Waals surface area contributed by atoms with Crippen molar-refractivity contribution in [2.45, 2.75) is 38.2 Å². The summed E-state index contributed by atoms with van der Waals surface area (Å²) in [6.07, 6.45) is 7.48. The zero-order chi connectivity index (χ0) is 15.1. The van der Waals surface area contributed by atoms with E-state index in [2.05, 4.69) is 20.6 Å². The molecule has 1 saturated carbocycles. The van der Waals surface area contributed by atoms with Crippen LogP contribution in [-0.2, 0) is 4.74 Å². The minimum atomic E-state index is -0.496. The second-order valence-electron chi connectivity index (χ2n) is 4.99. The first-order valence-corrected chi connectivity index (χ1v) is 7.25. The second-order valence-corrected chi connectivity index (χ2v) is 4.99.